The standard InChI is InChI=1S/C14H14N4O3/c1-2-18-12-9(13(20)17-14(18)21)15-11(16-12)10(19)8-6-4-3-5-7-8/h3-7,10,19H,2H2,1H3,(H,15,16)(H,17,20,21). The lowest BCUT2D eigenvalue weighted by molar-refractivity contribution is 0.211. The molecule has 0 aliphatic heterocycles. The van der Waals surface area contributed by atoms with Gasteiger partial charge in [-0.3, -0.25) is 14.3 Å². The molecule has 7 nitrogen and oxygen atoms in total. The van der Waals surface area contributed by atoms with Crippen LogP contribution < -0.4 is 11.2 Å². The fraction of sp³-hybridized carbons (Fsp3) is 0.214. The number of benzene rings is 1. The lowest BCUT2D eigenvalue weighted by Gasteiger charge is -2.06. The average Bonchev–Trinajstić information content (AvgIpc) is 2.93. The van der Waals surface area contributed by atoms with Gasteiger partial charge in [-0.05, 0) is 12.5 Å². The van der Waals surface area contributed by atoms with Crippen LogP contribution in [0.4, 0.5) is 0 Å². The van der Waals surface area contributed by atoms with Gasteiger partial charge in [0.1, 0.15) is 17.4 Å². The molecule has 2 heterocycles. The number of aryl methyl sites for hydroxylation is 1. The average molecular weight is 286 g/mol. The van der Waals surface area contributed by atoms with Crippen LogP contribution in [0.5, 0.6) is 0 Å². The van der Waals surface area contributed by atoms with Gasteiger partial charge in [-0.15, -0.1) is 0 Å². The van der Waals surface area contributed by atoms with Crippen molar-refractivity contribution in [2.24, 2.45) is 0 Å². The molecule has 0 amide bonds. The molecule has 0 saturated carbocycles. The number of fused-ring (bicyclic) bond motifs is 1. The first kappa shape index (κ1) is 13.3. The molecule has 7 heteroatoms. The van der Waals surface area contributed by atoms with Crippen LogP contribution in [-0.2, 0) is 6.54 Å². The number of H-pyrrole nitrogens is 2. The van der Waals surface area contributed by atoms with Gasteiger partial charge < -0.3 is 10.1 Å². The number of aromatic amines is 2. The predicted molar refractivity (Wildman–Crippen MR) is 77.2 cm³/mol. The molecule has 0 fully saturated rings. The third kappa shape index (κ3) is 2.17. The number of nitrogens with zero attached hydrogens (tertiary/aromatic N) is 2. The second-order valence-corrected chi connectivity index (χ2v) is 4.64. The molecular weight excluding hydrogens is 272 g/mol. The zero-order valence-corrected chi connectivity index (χ0v) is 11.3. The van der Waals surface area contributed by atoms with Gasteiger partial charge in [-0.2, -0.15) is 0 Å². The molecule has 1 aromatic carbocycles. The molecule has 1 atom stereocenters. The minimum Gasteiger partial charge on any atom is -0.380 e. The highest BCUT2D eigenvalue weighted by molar-refractivity contribution is 5.69. The number of imidazole rings is 1. The number of aromatic nitrogens is 4. The summed E-state index contributed by atoms with van der Waals surface area (Å²) < 4.78 is 1.34. The molecule has 3 aromatic rings. The van der Waals surface area contributed by atoms with E-state index in [9.17, 15) is 14.7 Å². The fourth-order valence-corrected chi connectivity index (χ4v) is 2.27. The van der Waals surface area contributed by atoms with Crippen molar-refractivity contribution < 1.29 is 5.11 Å². The van der Waals surface area contributed by atoms with Crippen molar-refractivity contribution in [1.29, 1.82) is 0 Å². The SMILES string of the molecule is CCn1c(=O)[nH]c(=O)c2[nH]c(C(O)c3ccccc3)nc21. The van der Waals surface area contributed by atoms with E-state index in [-0.39, 0.29) is 17.0 Å². The summed E-state index contributed by atoms with van der Waals surface area (Å²) in [6, 6.07) is 8.96. The highest BCUT2D eigenvalue weighted by Crippen LogP contribution is 2.20. The molecule has 0 aliphatic carbocycles. The summed E-state index contributed by atoms with van der Waals surface area (Å²) in [4.78, 5) is 32.8. The zero-order chi connectivity index (χ0) is 15.0. The van der Waals surface area contributed by atoms with Crippen LogP contribution in [0.2, 0.25) is 0 Å². The van der Waals surface area contributed by atoms with E-state index in [4.69, 9.17) is 0 Å². The van der Waals surface area contributed by atoms with Crippen LogP contribution in [0.25, 0.3) is 11.2 Å². The highest BCUT2D eigenvalue weighted by Gasteiger charge is 2.18. The lowest BCUT2D eigenvalue weighted by Crippen LogP contribution is -2.29. The van der Waals surface area contributed by atoms with E-state index in [1.54, 1.807) is 31.2 Å². The minimum atomic E-state index is -0.988. The van der Waals surface area contributed by atoms with Crippen molar-refractivity contribution in [2.45, 2.75) is 19.6 Å². The molecule has 3 rings (SSSR count). The van der Waals surface area contributed by atoms with Gasteiger partial charge in [-0.1, -0.05) is 30.3 Å². The molecule has 0 bridgehead atoms. The first-order chi connectivity index (χ1) is 10.1. The molecule has 0 spiro atoms. The molecule has 0 radical (unpaired) electrons. The Balaban J connectivity index is 2.20. The summed E-state index contributed by atoms with van der Waals surface area (Å²) in [5.74, 6) is 0.231. The summed E-state index contributed by atoms with van der Waals surface area (Å²) >= 11 is 0. The van der Waals surface area contributed by atoms with Crippen molar-refractivity contribution in [2.75, 3.05) is 0 Å². The van der Waals surface area contributed by atoms with Crippen LogP contribution in [0.15, 0.2) is 39.9 Å². The maximum atomic E-state index is 11.8. The Morgan fingerprint density at radius 2 is 1.95 bits per heavy atom. The summed E-state index contributed by atoms with van der Waals surface area (Å²) in [5.41, 5.74) is 0.0250. The van der Waals surface area contributed by atoms with E-state index in [0.717, 1.165) is 0 Å². The monoisotopic (exact) mass is 286 g/mol. The van der Waals surface area contributed by atoms with Crippen LogP contribution in [-0.4, -0.2) is 24.6 Å². The summed E-state index contributed by atoms with van der Waals surface area (Å²) in [6.45, 7) is 2.15. The van der Waals surface area contributed by atoms with Gasteiger partial charge in [-0.25, -0.2) is 9.78 Å². The van der Waals surface area contributed by atoms with E-state index < -0.39 is 17.4 Å². The summed E-state index contributed by atoms with van der Waals surface area (Å²) in [5, 5.41) is 10.3. The first-order valence-corrected chi connectivity index (χ1v) is 6.57. The molecule has 0 aliphatic rings. The Kier molecular flexibility index (Phi) is 3.19. The minimum absolute atomic E-state index is 0.182. The number of nitrogens with one attached hydrogen (secondary N) is 2. The topological polar surface area (TPSA) is 104 Å². The van der Waals surface area contributed by atoms with Crippen molar-refractivity contribution in [3.8, 4) is 0 Å². The van der Waals surface area contributed by atoms with Crippen molar-refractivity contribution in [3.63, 3.8) is 0 Å². The molecule has 1 unspecified atom stereocenters. The number of rotatable bonds is 3. The van der Waals surface area contributed by atoms with Crippen molar-refractivity contribution in [1.82, 2.24) is 19.5 Å². The van der Waals surface area contributed by atoms with Crippen LogP contribution >= 0.6 is 0 Å². The smallest absolute Gasteiger partial charge is 0.330 e. The second kappa shape index (κ2) is 5.02. The van der Waals surface area contributed by atoms with Gasteiger partial charge in [0, 0.05) is 6.54 Å². The Labute approximate surface area is 118 Å². The number of aliphatic hydroxyl groups is 1. The number of aliphatic hydroxyl groups excluding tert-OH is 1. The van der Waals surface area contributed by atoms with Gasteiger partial charge in [0.25, 0.3) is 5.56 Å². The Hall–Kier alpha value is -2.67. The Morgan fingerprint density at radius 3 is 2.62 bits per heavy atom. The third-order valence-electron chi connectivity index (χ3n) is 3.34. The van der Waals surface area contributed by atoms with Crippen LogP contribution in [0, 0.1) is 0 Å². The number of hydrogen-bond acceptors (Lipinski definition) is 4. The normalized spacial score (nSPS) is 12.7. The van der Waals surface area contributed by atoms with E-state index >= 15 is 0 Å². The quantitative estimate of drug-likeness (QED) is 0.652. The van der Waals surface area contributed by atoms with Crippen LogP contribution in [0.3, 0.4) is 0 Å². The number of hydrogen-bond donors (Lipinski definition) is 3. The molecule has 3 N–H and O–H groups in total. The van der Waals surface area contributed by atoms with Gasteiger partial charge in [0.05, 0.1) is 0 Å². The fourth-order valence-electron chi connectivity index (χ4n) is 2.27. The van der Waals surface area contributed by atoms with Gasteiger partial charge in [0.2, 0.25) is 0 Å². The third-order valence-corrected chi connectivity index (χ3v) is 3.34. The molecule has 2 aromatic heterocycles. The largest absolute Gasteiger partial charge is 0.380 e. The van der Waals surface area contributed by atoms with Crippen molar-refractivity contribution in [3.05, 3.63) is 62.6 Å². The van der Waals surface area contributed by atoms with Gasteiger partial charge in [0.15, 0.2) is 5.65 Å². The van der Waals surface area contributed by atoms with Gasteiger partial charge >= 0.3 is 5.69 Å². The van der Waals surface area contributed by atoms with E-state index in [1.165, 1.54) is 4.57 Å². The Bertz CT molecular complexity index is 892. The zero-order valence-electron chi connectivity index (χ0n) is 11.3. The van der Waals surface area contributed by atoms with E-state index in [2.05, 4.69) is 15.0 Å². The van der Waals surface area contributed by atoms with E-state index in [1.807, 2.05) is 6.07 Å². The Morgan fingerprint density at radius 1 is 1.24 bits per heavy atom. The second-order valence-electron chi connectivity index (χ2n) is 4.64. The molecule has 21 heavy (non-hydrogen) atoms. The first-order valence-electron chi connectivity index (χ1n) is 6.57. The molecular formula is C14H14N4O3. The summed E-state index contributed by atoms with van der Waals surface area (Å²) in [7, 11) is 0. The maximum absolute atomic E-state index is 11.8. The summed E-state index contributed by atoms with van der Waals surface area (Å²) in [6.07, 6.45) is -0.988. The highest BCUT2D eigenvalue weighted by atomic mass is 16.3. The maximum Gasteiger partial charge on any atom is 0.330 e. The molecule has 0 saturated heterocycles. The van der Waals surface area contributed by atoms with Crippen LogP contribution in [0.1, 0.15) is 24.4 Å². The predicted octanol–water partition coefficient (Wildman–Crippen LogP) is 0.514. The van der Waals surface area contributed by atoms with E-state index in [0.29, 0.717) is 12.1 Å². The lowest BCUT2D eigenvalue weighted by atomic mass is 10.1. The van der Waals surface area contributed by atoms with Crippen molar-refractivity contribution >= 4 is 11.2 Å². The molecule has 108 valence electrons.